The lowest BCUT2D eigenvalue weighted by atomic mass is 10.0. The van der Waals surface area contributed by atoms with E-state index in [-0.39, 0.29) is 19.1 Å². The maximum absolute atomic E-state index is 13.3. The molecule has 1 aromatic rings. The number of nitriles is 1. The van der Waals surface area contributed by atoms with Gasteiger partial charge in [0.1, 0.15) is 0 Å². The lowest BCUT2D eigenvalue weighted by molar-refractivity contribution is -0.137. The Hall–Kier alpha value is -2.27. The SMILES string of the molecule is N#Cc1ccc(N2CCN(C(=O)CC3CCCC3)CC2CO)cc1C(F)(F)F. The Balaban J connectivity index is 1.74. The topological polar surface area (TPSA) is 67.6 Å². The summed E-state index contributed by atoms with van der Waals surface area (Å²) in [5.74, 6) is 0.479. The first-order chi connectivity index (χ1) is 13.3. The van der Waals surface area contributed by atoms with Crippen LogP contribution in [0.15, 0.2) is 18.2 Å². The number of carbonyl (C=O) groups is 1. The van der Waals surface area contributed by atoms with Crippen LogP contribution in [0.3, 0.4) is 0 Å². The Morgan fingerprint density at radius 1 is 1.25 bits per heavy atom. The van der Waals surface area contributed by atoms with E-state index in [9.17, 15) is 23.1 Å². The molecule has 1 aliphatic heterocycles. The van der Waals surface area contributed by atoms with E-state index in [4.69, 9.17) is 5.26 Å². The first-order valence-corrected chi connectivity index (χ1v) is 9.60. The van der Waals surface area contributed by atoms with Crippen LogP contribution < -0.4 is 4.90 Å². The zero-order valence-electron chi connectivity index (χ0n) is 15.6. The number of nitrogens with zero attached hydrogens (tertiary/aromatic N) is 3. The number of hydrogen-bond acceptors (Lipinski definition) is 4. The summed E-state index contributed by atoms with van der Waals surface area (Å²) in [4.78, 5) is 16.0. The third-order valence-electron chi connectivity index (χ3n) is 5.74. The third-order valence-corrected chi connectivity index (χ3v) is 5.74. The maximum atomic E-state index is 13.3. The molecule has 2 aliphatic rings. The van der Waals surface area contributed by atoms with Gasteiger partial charge in [-0.2, -0.15) is 18.4 Å². The summed E-state index contributed by atoms with van der Waals surface area (Å²) in [6, 6.07) is 4.67. The third kappa shape index (κ3) is 4.41. The predicted octanol–water partition coefficient (Wildman–Crippen LogP) is 3.17. The Kier molecular flexibility index (Phi) is 6.14. The molecule has 1 N–H and O–H groups in total. The highest BCUT2D eigenvalue weighted by Crippen LogP contribution is 2.35. The molecule has 0 spiro atoms. The second-order valence-electron chi connectivity index (χ2n) is 7.56. The van der Waals surface area contributed by atoms with E-state index in [2.05, 4.69) is 0 Å². The Morgan fingerprint density at radius 2 is 1.96 bits per heavy atom. The Labute approximate surface area is 162 Å². The van der Waals surface area contributed by atoms with E-state index in [1.807, 2.05) is 0 Å². The smallest absolute Gasteiger partial charge is 0.394 e. The van der Waals surface area contributed by atoms with Crippen LogP contribution in [0.2, 0.25) is 0 Å². The molecular formula is C20H24F3N3O2. The molecule has 1 aromatic carbocycles. The molecule has 1 atom stereocenters. The van der Waals surface area contributed by atoms with Crippen molar-refractivity contribution in [3.05, 3.63) is 29.3 Å². The highest BCUT2D eigenvalue weighted by Gasteiger charge is 2.36. The van der Waals surface area contributed by atoms with Gasteiger partial charge in [-0.3, -0.25) is 4.79 Å². The van der Waals surface area contributed by atoms with Crippen molar-refractivity contribution in [2.24, 2.45) is 5.92 Å². The van der Waals surface area contributed by atoms with Crippen LogP contribution in [0.5, 0.6) is 0 Å². The normalized spacial score (nSPS) is 21.0. The minimum atomic E-state index is -4.63. The van der Waals surface area contributed by atoms with Crippen LogP contribution in [0.25, 0.3) is 0 Å². The number of piperazine rings is 1. The van der Waals surface area contributed by atoms with Crippen molar-refractivity contribution in [2.75, 3.05) is 31.1 Å². The van der Waals surface area contributed by atoms with Crippen molar-refractivity contribution in [3.8, 4) is 6.07 Å². The van der Waals surface area contributed by atoms with Gasteiger partial charge in [0, 0.05) is 31.7 Å². The lowest BCUT2D eigenvalue weighted by Gasteiger charge is -2.42. The summed E-state index contributed by atoms with van der Waals surface area (Å²) < 4.78 is 39.8. The number of carbonyl (C=O) groups excluding carboxylic acids is 1. The molecule has 1 saturated carbocycles. The largest absolute Gasteiger partial charge is 0.417 e. The highest BCUT2D eigenvalue weighted by molar-refractivity contribution is 5.77. The molecule has 5 nitrogen and oxygen atoms in total. The second-order valence-corrected chi connectivity index (χ2v) is 7.56. The van der Waals surface area contributed by atoms with Gasteiger partial charge < -0.3 is 14.9 Å². The van der Waals surface area contributed by atoms with Crippen molar-refractivity contribution in [3.63, 3.8) is 0 Å². The van der Waals surface area contributed by atoms with Gasteiger partial charge in [-0.05, 0) is 37.0 Å². The number of amides is 1. The molecule has 152 valence electrons. The first-order valence-electron chi connectivity index (χ1n) is 9.60. The second kappa shape index (κ2) is 8.39. The van der Waals surface area contributed by atoms with Crippen molar-refractivity contribution in [2.45, 2.75) is 44.3 Å². The number of hydrogen-bond donors (Lipinski definition) is 1. The van der Waals surface area contributed by atoms with Crippen molar-refractivity contribution >= 4 is 11.6 Å². The van der Waals surface area contributed by atoms with Crippen LogP contribution in [0.4, 0.5) is 18.9 Å². The van der Waals surface area contributed by atoms with Gasteiger partial charge in [0.2, 0.25) is 5.91 Å². The number of alkyl halides is 3. The number of aliphatic hydroxyl groups is 1. The molecule has 0 radical (unpaired) electrons. The summed E-state index contributed by atoms with van der Waals surface area (Å²) in [6.45, 7) is 0.756. The minimum absolute atomic E-state index is 0.0563. The molecule has 1 saturated heterocycles. The Morgan fingerprint density at radius 3 is 2.57 bits per heavy atom. The molecule has 1 aliphatic carbocycles. The molecule has 8 heteroatoms. The maximum Gasteiger partial charge on any atom is 0.417 e. The fourth-order valence-corrected chi connectivity index (χ4v) is 4.21. The number of benzene rings is 1. The lowest BCUT2D eigenvalue weighted by Crippen LogP contribution is -2.56. The molecule has 3 rings (SSSR count). The van der Waals surface area contributed by atoms with E-state index in [1.165, 1.54) is 6.07 Å². The Bertz CT molecular complexity index is 754. The van der Waals surface area contributed by atoms with E-state index in [0.29, 0.717) is 31.1 Å². The molecular weight excluding hydrogens is 371 g/mol. The van der Waals surface area contributed by atoms with Gasteiger partial charge in [0.05, 0.1) is 29.8 Å². The van der Waals surface area contributed by atoms with Gasteiger partial charge >= 0.3 is 6.18 Å². The molecule has 1 amide bonds. The van der Waals surface area contributed by atoms with Crippen molar-refractivity contribution < 1.29 is 23.1 Å². The summed E-state index contributed by atoms with van der Waals surface area (Å²) in [6.07, 6.45) is 0.333. The number of rotatable bonds is 4. The van der Waals surface area contributed by atoms with Crippen LogP contribution in [0.1, 0.15) is 43.2 Å². The monoisotopic (exact) mass is 395 g/mol. The summed E-state index contributed by atoms with van der Waals surface area (Å²) in [7, 11) is 0. The van der Waals surface area contributed by atoms with Crippen LogP contribution in [0, 0.1) is 17.2 Å². The number of anilines is 1. The number of halogens is 3. The molecule has 0 bridgehead atoms. The molecule has 1 heterocycles. The quantitative estimate of drug-likeness (QED) is 0.850. The molecule has 0 aromatic heterocycles. The standard InChI is InChI=1S/C20H24F3N3O2/c21-20(22,23)18-10-16(6-5-15(18)11-24)26-8-7-25(12-17(26)13-27)19(28)9-14-3-1-2-4-14/h5-6,10,14,17,27H,1-4,7-9,12-13H2. The zero-order chi connectivity index (χ0) is 20.3. The predicted molar refractivity (Wildman–Crippen MR) is 97.5 cm³/mol. The van der Waals surface area contributed by atoms with Gasteiger partial charge in [0.25, 0.3) is 0 Å². The molecule has 28 heavy (non-hydrogen) atoms. The van der Waals surface area contributed by atoms with E-state index < -0.39 is 23.3 Å². The molecule has 2 fully saturated rings. The van der Waals surface area contributed by atoms with Gasteiger partial charge in [-0.15, -0.1) is 0 Å². The van der Waals surface area contributed by atoms with E-state index in [0.717, 1.165) is 37.8 Å². The highest BCUT2D eigenvalue weighted by atomic mass is 19.4. The van der Waals surface area contributed by atoms with Crippen LogP contribution in [-0.2, 0) is 11.0 Å². The van der Waals surface area contributed by atoms with Crippen LogP contribution >= 0.6 is 0 Å². The zero-order valence-corrected chi connectivity index (χ0v) is 15.6. The first kappa shape index (κ1) is 20.5. The number of aliphatic hydroxyl groups excluding tert-OH is 1. The minimum Gasteiger partial charge on any atom is -0.394 e. The van der Waals surface area contributed by atoms with E-state index >= 15 is 0 Å². The van der Waals surface area contributed by atoms with Gasteiger partial charge in [0.15, 0.2) is 0 Å². The fourth-order valence-electron chi connectivity index (χ4n) is 4.21. The van der Waals surface area contributed by atoms with Crippen LogP contribution in [-0.4, -0.2) is 48.2 Å². The van der Waals surface area contributed by atoms with Crippen molar-refractivity contribution in [1.82, 2.24) is 4.90 Å². The van der Waals surface area contributed by atoms with Gasteiger partial charge in [-0.25, -0.2) is 0 Å². The van der Waals surface area contributed by atoms with Crippen molar-refractivity contribution in [1.29, 1.82) is 5.26 Å². The summed E-state index contributed by atoms with van der Waals surface area (Å²) >= 11 is 0. The molecule has 1 unspecified atom stereocenters. The van der Waals surface area contributed by atoms with E-state index in [1.54, 1.807) is 15.9 Å². The fraction of sp³-hybridized carbons (Fsp3) is 0.600. The van der Waals surface area contributed by atoms with Gasteiger partial charge in [-0.1, -0.05) is 12.8 Å². The average molecular weight is 395 g/mol. The summed E-state index contributed by atoms with van der Waals surface area (Å²) in [5.41, 5.74) is -1.11. The average Bonchev–Trinajstić information content (AvgIpc) is 3.19. The summed E-state index contributed by atoms with van der Waals surface area (Å²) in [5, 5.41) is 18.7.